The molecule has 1 aromatic carbocycles. The van der Waals surface area contributed by atoms with Crippen molar-refractivity contribution in [2.45, 2.75) is 46.6 Å². The fourth-order valence-corrected chi connectivity index (χ4v) is 3.52. The van der Waals surface area contributed by atoms with Gasteiger partial charge in [-0.3, -0.25) is 0 Å². The van der Waals surface area contributed by atoms with Crippen molar-refractivity contribution in [3.63, 3.8) is 0 Å². The minimum atomic E-state index is 0.395. The number of hydrogen-bond donors (Lipinski definition) is 0. The highest BCUT2D eigenvalue weighted by Crippen LogP contribution is 2.40. The molecular formula is C21H24N2O. The molecule has 0 radical (unpaired) electrons. The number of furan rings is 1. The Morgan fingerprint density at radius 2 is 1.83 bits per heavy atom. The average molecular weight is 320 g/mol. The number of aryl methyl sites for hydroxylation is 1. The van der Waals surface area contributed by atoms with E-state index in [-0.39, 0.29) is 0 Å². The Morgan fingerprint density at radius 1 is 1.08 bits per heavy atom. The van der Waals surface area contributed by atoms with Crippen LogP contribution in [-0.4, -0.2) is 11.0 Å². The van der Waals surface area contributed by atoms with Gasteiger partial charge in [0.25, 0.3) is 0 Å². The minimum Gasteiger partial charge on any atom is -0.435 e. The first-order valence-corrected chi connectivity index (χ1v) is 8.76. The van der Waals surface area contributed by atoms with Crippen LogP contribution in [0.2, 0.25) is 0 Å². The van der Waals surface area contributed by atoms with Crippen molar-refractivity contribution < 1.29 is 4.42 Å². The highest BCUT2D eigenvalue weighted by Gasteiger charge is 2.27. The first-order valence-electron chi connectivity index (χ1n) is 8.76. The van der Waals surface area contributed by atoms with Crippen LogP contribution in [-0.2, 0) is 0 Å². The van der Waals surface area contributed by atoms with Gasteiger partial charge in [0.2, 0.25) is 5.71 Å². The molecule has 1 aliphatic rings. The summed E-state index contributed by atoms with van der Waals surface area (Å²) >= 11 is 0. The second kappa shape index (κ2) is 5.37. The zero-order chi connectivity index (χ0) is 17.0. The number of hydrogen-bond acceptors (Lipinski definition) is 3. The third-order valence-electron chi connectivity index (χ3n) is 5.30. The molecule has 0 saturated heterocycles. The predicted molar refractivity (Wildman–Crippen MR) is 101 cm³/mol. The van der Waals surface area contributed by atoms with E-state index >= 15 is 0 Å². The Balaban J connectivity index is 1.98. The molecule has 0 bridgehead atoms. The van der Waals surface area contributed by atoms with Gasteiger partial charge in [0.1, 0.15) is 0 Å². The number of rotatable bonds is 2. The van der Waals surface area contributed by atoms with Crippen molar-refractivity contribution in [2.75, 3.05) is 4.90 Å². The van der Waals surface area contributed by atoms with Crippen molar-refractivity contribution in [3.8, 4) is 0 Å². The summed E-state index contributed by atoms with van der Waals surface area (Å²) in [5.41, 5.74) is 5.17. The molecule has 0 spiro atoms. The number of benzene rings is 1. The van der Waals surface area contributed by atoms with Crippen LogP contribution in [0.5, 0.6) is 0 Å². The summed E-state index contributed by atoms with van der Waals surface area (Å²) in [5, 5.41) is 2.24. The van der Waals surface area contributed by atoms with Crippen molar-refractivity contribution in [1.82, 2.24) is 4.98 Å². The summed E-state index contributed by atoms with van der Waals surface area (Å²) in [6.45, 7) is 11.0. The lowest BCUT2D eigenvalue weighted by atomic mass is 10.0. The zero-order valence-corrected chi connectivity index (χ0v) is 15.0. The smallest absolute Gasteiger partial charge is 0.227 e. The monoisotopic (exact) mass is 320 g/mol. The standard InChI is InChI=1S/C21H24N2O/c1-12(2)18-9-8-17-16-7-6-14(4)19(20(16)24-21(17)22-18)23-11-10-13(3)15(23)5/h6-13,15H,1-5H3/t13?,15-/m0/s1. The van der Waals surface area contributed by atoms with E-state index in [1.165, 1.54) is 11.3 Å². The van der Waals surface area contributed by atoms with E-state index in [1.807, 2.05) is 0 Å². The van der Waals surface area contributed by atoms with Crippen molar-refractivity contribution in [2.24, 2.45) is 5.92 Å². The third-order valence-corrected chi connectivity index (χ3v) is 5.30. The predicted octanol–water partition coefficient (Wildman–Crippen LogP) is 5.77. The molecule has 24 heavy (non-hydrogen) atoms. The maximum Gasteiger partial charge on any atom is 0.227 e. The Hall–Kier alpha value is -2.29. The topological polar surface area (TPSA) is 29.3 Å². The van der Waals surface area contributed by atoms with E-state index in [0.29, 0.717) is 17.9 Å². The first-order chi connectivity index (χ1) is 11.5. The average Bonchev–Trinajstić information content (AvgIpc) is 3.08. The van der Waals surface area contributed by atoms with Gasteiger partial charge in [-0.25, -0.2) is 4.98 Å². The molecule has 0 amide bonds. The summed E-state index contributed by atoms with van der Waals surface area (Å²) < 4.78 is 6.26. The summed E-state index contributed by atoms with van der Waals surface area (Å²) in [7, 11) is 0. The van der Waals surface area contributed by atoms with E-state index in [4.69, 9.17) is 9.40 Å². The van der Waals surface area contributed by atoms with E-state index < -0.39 is 0 Å². The Labute approximate surface area is 143 Å². The van der Waals surface area contributed by atoms with Crippen LogP contribution >= 0.6 is 0 Å². The quantitative estimate of drug-likeness (QED) is 0.600. The molecule has 124 valence electrons. The van der Waals surface area contributed by atoms with E-state index in [2.05, 4.69) is 76.1 Å². The van der Waals surface area contributed by atoms with Gasteiger partial charge < -0.3 is 9.32 Å². The molecule has 3 heterocycles. The van der Waals surface area contributed by atoms with Crippen LogP contribution in [0.4, 0.5) is 5.69 Å². The molecule has 1 aliphatic heterocycles. The normalized spacial score (nSPS) is 20.8. The largest absolute Gasteiger partial charge is 0.435 e. The lowest BCUT2D eigenvalue weighted by molar-refractivity contribution is 0.594. The SMILES string of the molecule is Cc1ccc2c(oc3nc(C(C)C)ccc32)c1N1C=CC(C)[C@@H]1C. The van der Waals surface area contributed by atoms with E-state index in [1.54, 1.807) is 0 Å². The van der Waals surface area contributed by atoms with Gasteiger partial charge in [-0.2, -0.15) is 0 Å². The number of pyridine rings is 1. The fourth-order valence-electron chi connectivity index (χ4n) is 3.52. The van der Waals surface area contributed by atoms with Crippen LogP contribution in [0.25, 0.3) is 22.1 Å². The van der Waals surface area contributed by atoms with Crippen molar-refractivity contribution in [3.05, 3.63) is 47.8 Å². The Morgan fingerprint density at radius 3 is 2.50 bits per heavy atom. The van der Waals surface area contributed by atoms with Gasteiger partial charge in [-0.15, -0.1) is 0 Å². The first kappa shape index (κ1) is 15.3. The number of nitrogens with zero attached hydrogens (tertiary/aromatic N) is 2. The van der Waals surface area contributed by atoms with Crippen molar-refractivity contribution in [1.29, 1.82) is 0 Å². The van der Waals surface area contributed by atoms with E-state index in [9.17, 15) is 0 Å². The van der Waals surface area contributed by atoms with Gasteiger partial charge >= 0.3 is 0 Å². The van der Waals surface area contributed by atoms with Crippen molar-refractivity contribution >= 4 is 27.8 Å². The molecule has 4 rings (SSSR count). The molecule has 3 heteroatoms. The van der Waals surface area contributed by atoms with Gasteiger partial charge in [-0.05, 0) is 43.4 Å². The maximum atomic E-state index is 6.26. The van der Waals surface area contributed by atoms with Gasteiger partial charge in [0.15, 0.2) is 5.58 Å². The molecule has 2 aromatic heterocycles. The molecule has 0 saturated carbocycles. The summed E-state index contributed by atoms with van der Waals surface area (Å²) in [5.74, 6) is 0.931. The second-order valence-corrected chi connectivity index (χ2v) is 7.30. The fraction of sp³-hybridized carbons (Fsp3) is 0.381. The molecule has 3 nitrogen and oxygen atoms in total. The maximum absolute atomic E-state index is 6.26. The zero-order valence-electron chi connectivity index (χ0n) is 15.0. The third kappa shape index (κ3) is 2.15. The summed E-state index contributed by atoms with van der Waals surface area (Å²) in [6.07, 6.45) is 4.46. The Kier molecular flexibility index (Phi) is 3.41. The molecule has 2 atom stereocenters. The molecule has 0 aliphatic carbocycles. The minimum absolute atomic E-state index is 0.395. The molecule has 0 fully saturated rings. The van der Waals surface area contributed by atoms with E-state index in [0.717, 1.165) is 27.8 Å². The van der Waals surface area contributed by atoms with Crippen LogP contribution in [0.1, 0.15) is 44.9 Å². The molecule has 1 unspecified atom stereocenters. The highest BCUT2D eigenvalue weighted by atomic mass is 16.3. The van der Waals surface area contributed by atoms with Crippen LogP contribution in [0, 0.1) is 12.8 Å². The van der Waals surface area contributed by atoms with Gasteiger partial charge in [-0.1, -0.05) is 39.0 Å². The second-order valence-electron chi connectivity index (χ2n) is 7.30. The lowest BCUT2D eigenvalue weighted by Gasteiger charge is -2.26. The number of aromatic nitrogens is 1. The van der Waals surface area contributed by atoms with Crippen LogP contribution in [0.3, 0.4) is 0 Å². The van der Waals surface area contributed by atoms with Crippen LogP contribution in [0.15, 0.2) is 41.0 Å². The number of anilines is 1. The Bertz CT molecular complexity index is 951. The number of fused-ring (bicyclic) bond motifs is 3. The molecule has 3 aromatic rings. The van der Waals surface area contributed by atoms with Gasteiger partial charge in [0, 0.05) is 28.7 Å². The molecule has 0 N–H and O–H groups in total. The highest BCUT2D eigenvalue weighted by molar-refractivity contribution is 6.08. The van der Waals surface area contributed by atoms with Gasteiger partial charge in [0.05, 0.1) is 5.69 Å². The lowest BCUT2D eigenvalue weighted by Crippen LogP contribution is -2.28. The molecular weight excluding hydrogens is 296 g/mol. The van der Waals surface area contributed by atoms with Crippen LogP contribution < -0.4 is 4.90 Å². The summed E-state index contributed by atoms with van der Waals surface area (Å²) in [4.78, 5) is 7.08. The summed E-state index contributed by atoms with van der Waals surface area (Å²) in [6, 6.07) is 9.04.